The third kappa shape index (κ3) is 8.07. The van der Waals surface area contributed by atoms with Gasteiger partial charge in [0.15, 0.2) is 0 Å². The number of carboxylic acid groups (broad SMARTS) is 2. The topological polar surface area (TPSA) is 98.0 Å². The second-order valence-corrected chi connectivity index (χ2v) is 9.12. The first kappa shape index (κ1) is 28.2. The number of hydrogen-bond donors (Lipinski definition) is 2. The number of carboxylic acids is 2. The highest BCUT2D eigenvalue weighted by Gasteiger charge is 2.15. The predicted octanol–water partition coefficient (Wildman–Crippen LogP) is 6.46. The Morgan fingerprint density at radius 3 is 2.17 bits per heavy atom. The van der Waals surface area contributed by atoms with Crippen LogP contribution in [0.15, 0.2) is 85.1 Å². The van der Waals surface area contributed by atoms with Crippen molar-refractivity contribution in [2.24, 2.45) is 0 Å². The molecule has 0 atom stereocenters. The summed E-state index contributed by atoms with van der Waals surface area (Å²) in [6, 6.07) is 19.7. The molecule has 206 valence electrons. The Morgan fingerprint density at radius 2 is 1.52 bits per heavy atom. The third-order valence-electron chi connectivity index (χ3n) is 6.13. The number of aryl methyl sites for hydroxylation is 1. The molecule has 0 amide bonds. The van der Waals surface area contributed by atoms with Crippen molar-refractivity contribution in [3.05, 3.63) is 108 Å². The van der Waals surface area contributed by atoms with Crippen LogP contribution in [0.4, 0.5) is 4.39 Å². The maximum Gasteiger partial charge on any atom is 0.323 e. The van der Waals surface area contributed by atoms with Crippen molar-refractivity contribution in [3.63, 3.8) is 0 Å². The van der Waals surface area contributed by atoms with Gasteiger partial charge in [-0.25, -0.2) is 4.39 Å². The minimum Gasteiger partial charge on any atom is -0.490 e. The first-order valence-corrected chi connectivity index (χ1v) is 12.9. The minimum absolute atomic E-state index is 0.0215. The van der Waals surface area contributed by atoms with E-state index in [-0.39, 0.29) is 13.0 Å². The Balaban J connectivity index is 1.42. The zero-order valence-electron chi connectivity index (χ0n) is 21.8. The molecule has 0 unspecified atom stereocenters. The lowest BCUT2D eigenvalue weighted by molar-refractivity contribution is -0.138. The van der Waals surface area contributed by atoms with Crippen molar-refractivity contribution in [2.45, 2.75) is 25.8 Å². The number of halogens is 1. The Morgan fingerprint density at radius 1 is 0.850 bits per heavy atom. The van der Waals surface area contributed by atoms with Crippen molar-refractivity contribution in [3.8, 4) is 11.5 Å². The van der Waals surface area contributed by atoms with Crippen LogP contribution < -0.4 is 9.47 Å². The van der Waals surface area contributed by atoms with Crippen LogP contribution >= 0.6 is 0 Å². The van der Waals surface area contributed by atoms with E-state index < -0.39 is 17.8 Å². The monoisotopic (exact) mass is 543 g/mol. The van der Waals surface area contributed by atoms with E-state index in [1.165, 1.54) is 12.1 Å². The normalized spacial score (nSPS) is 11.4. The van der Waals surface area contributed by atoms with E-state index in [1.54, 1.807) is 16.8 Å². The molecule has 1 heterocycles. The van der Waals surface area contributed by atoms with Gasteiger partial charge in [-0.05, 0) is 72.5 Å². The molecule has 4 aromatic rings. The highest BCUT2D eigenvalue weighted by atomic mass is 19.1. The van der Waals surface area contributed by atoms with E-state index in [9.17, 15) is 19.1 Å². The largest absolute Gasteiger partial charge is 0.490 e. The second kappa shape index (κ2) is 13.8. The van der Waals surface area contributed by atoms with Crippen molar-refractivity contribution in [1.29, 1.82) is 0 Å². The Labute approximate surface area is 231 Å². The lowest BCUT2D eigenvalue weighted by atomic mass is 10.0. The van der Waals surface area contributed by atoms with Gasteiger partial charge in [0.1, 0.15) is 37.1 Å². The molecular formula is C32H30FNO6. The van der Waals surface area contributed by atoms with Crippen LogP contribution in [0.5, 0.6) is 11.5 Å². The molecule has 0 bridgehead atoms. The average Bonchev–Trinajstić information content (AvgIpc) is 3.26. The summed E-state index contributed by atoms with van der Waals surface area (Å²) >= 11 is 0. The van der Waals surface area contributed by atoms with Crippen molar-refractivity contribution >= 4 is 35.0 Å². The van der Waals surface area contributed by atoms with E-state index >= 15 is 0 Å². The van der Waals surface area contributed by atoms with Gasteiger partial charge in [0, 0.05) is 23.6 Å². The zero-order chi connectivity index (χ0) is 28.3. The van der Waals surface area contributed by atoms with Crippen LogP contribution in [-0.2, 0) is 22.6 Å². The predicted molar refractivity (Wildman–Crippen MR) is 152 cm³/mol. The number of rotatable bonds is 14. The molecule has 0 fully saturated rings. The fraction of sp³-hybridized carbons (Fsp3) is 0.188. The lowest BCUT2D eigenvalue weighted by Gasteiger charge is -2.06. The summed E-state index contributed by atoms with van der Waals surface area (Å²) in [6.45, 7) is 0.550. The number of hydrogen-bond acceptors (Lipinski definition) is 4. The van der Waals surface area contributed by atoms with Gasteiger partial charge in [-0.1, -0.05) is 42.5 Å². The maximum absolute atomic E-state index is 14.6. The third-order valence-corrected chi connectivity index (χ3v) is 6.13. The standard InChI is InChI=1S/C32H30FNO6/c33-26-19-24(32-29(20-26)25(7-6-10-30(35)36)21-34(32)22-31(37)38)14-11-23-12-15-28(16-13-23)40-18-5-4-17-39-27-8-2-1-3-9-27/h1-5,8-9,11-16,19-21H,6-7,10,17-18,22H2,(H,35,36)(H,37,38)/b5-4+,14-11+. The first-order chi connectivity index (χ1) is 19.4. The SMILES string of the molecule is O=C(O)CCCc1cn(CC(=O)O)c2c(/C=C/c3ccc(OC/C=C/COc4ccccc4)cc3)cc(F)cc12. The Hall–Kier alpha value is -4.85. The first-order valence-electron chi connectivity index (χ1n) is 12.9. The van der Waals surface area contributed by atoms with Crippen molar-refractivity contribution < 1.29 is 33.7 Å². The minimum atomic E-state index is -1.03. The van der Waals surface area contributed by atoms with Gasteiger partial charge in [0.05, 0.1) is 5.52 Å². The smallest absolute Gasteiger partial charge is 0.323 e. The van der Waals surface area contributed by atoms with Gasteiger partial charge in [0.2, 0.25) is 0 Å². The second-order valence-electron chi connectivity index (χ2n) is 9.12. The molecule has 8 heteroatoms. The summed E-state index contributed by atoms with van der Waals surface area (Å²) in [5, 5.41) is 18.9. The van der Waals surface area contributed by atoms with Crippen LogP contribution in [0, 0.1) is 5.82 Å². The molecule has 4 rings (SSSR count). The van der Waals surface area contributed by atoms with E-state index in [4.69, 9.17) is 14.6 Å². The number of ether oxygens (including phenoxy) is 2. The summed E-state index contributed by atoms with van der Waals surface area (Å²) < 4.78 is 27.5. The summed E-state index contributed by atoms with van der Waals surface area (Å²) in [6.07, 6.45) is 9.76. The molecule has 0 aliphatic heterocycles. The number of carbonyl (C=O) groups is 2. The maximum atomic E-state index is 14.6. The van der Waals surface area contributed by atoms with Crippen LogP contribution in [0.3, 0.4) is 0 Å². The van der Waals surface area contributed by atoms with Gasteiger partial charge < -0.3 is 24.3 Å². The number of nitrogens with zero attached hydrogens (tertiary/aromatic N) is 1. The van der Waals surface area contributed by atoms with Crippen LogP contribution in [0.25, 0.3) is 23.1 Å². The molecule has 1 aromatic heterocycles. The fourth-order valence-electron chi connectivity index (χ4n) is 4.34. The highest BCUT2D eigenvalue weighted by molar-refractivity contribution is 5.94. The fourth-order valence-corrected chi connectivity index (χ4v) is 4.34. The van der Waals surface area contributed by atoms with Gasteiger partial charge in [-0.15, -0.1) is 0 Å². The average molecular weight is 544 g/mol. The van der Waals surface area contributed by atoms with E-state index in [2.05, 4.69) is 0 Å². The van der Waals surface area contributed by atoms with Crippen molar-refractivity contribution in [2.75, 3.05) is 13.2 Å². The molecule has 0 saturated heterocycles. The summed E-state index contributed by atoms with van der Waals surface area (Å²) in [7, 11) is 0. The summed E-state index contributed by atoms with van der Waals surface area (Å²) in [5.74, 6) is -0.888. The van der Waals surface area contributed by atoms with Crippen molar-refractivity contribution in [1.82, 2.24) is 4.57 Å². The van der Waals surface area contributed by atoms with Gasteiger partial charge >= 0.3 is 11.9 Å². The summed E-state index contributed by atoms with van der Waals surface area (Å²) in [4.78, 5) is 22.4. The van der Waals surface area contributed by atoms with Gasteiger partial charge in [0.25, 0.3) is 0 Å². The number of aliphatic carboxylic acids is 2. The number of benzene rings is 3. The Kier molecular flexibility index (Phi) is 9.72. The molecule has 2 N–H and O–H groups in total. The molecule has 0 saturated carbocycles. The molecule has 0 spiro atoms. The molecular weight excluding hydrogens is 513 g/mol. The molecule has 0 aliphatic rings. The zero-order valence-corrected chi connectivity index (χ0v) is 21.8. The van der Waals surface area contributed by atoms with Crippen LogP contribution in [0.2, 0.25) is 0 Å². The molecule has 0 radical (unpaired) electrons. The highest BCUT2D eigenvalue weighted by Crippen LogP contribution is 2.29. The Bertz CT molecular complexity index is 1510. The quantitative estimate of drug-likeness (QED) is 0.140. The van der Waals surface area contributed by atoms with E-state index in [0.717, 1.165) is 11.3 Å². The molecule has 7 nitrogen and oxygen atoms in total. The van der Waals surface area contributed by atoms with Crippen LogP contribution in [-0.4, -0.2) is 39.9 Å². The molecule has 3 aromatic carbocycles. The van der Waals surface area contributed by atoms with E-state index in [1.807, 2.05) is 72.8 Å². The lowest BCUT2D eigenvalue weighted by Crippen LogP contribution is -2.08. The van der Waals surface area contributed by atoms with Gasteiger partial charge in [-0.3, -0.25) is 9.59 Å². The van der Waals surface area contributed by atoms with Gasteiger partial charge in [-0.2, -0.15) is 0 Å². The molecule has 0 aliphatic carbocycles. The van der Waals surface area contributed by atoms with Crippen LogP contribution in [0.1, 0.15) is 29.5 Å². The summed E-state index contributed by atoms with van der Waals surface area (Å²) in [5.41, 5.74) is 2.70. The number of aromatic nitrogens is 1. The molecule has 40 heavy (non-hydrogen) atoms. The van der Waals surface area contributed by atoms with E-state index in [0.29, 0.717) is 53.8 Å². The number of fused-ring (bicyclic) bond motifs is 1. The number of para-hydroxylation sites is 1.